The summed E-state index contributed by atoms with van der Waals surface area (Å²) in [6.07, 6.45) is 3.46. The molecule has 6 heteroatoms. The normalized spacial score (nSPS) is 24.8. The Bertz CT molecular complexity index is 718. The van der Waals surface area contributed by atoms with Gasteiger partial charge in [-0.25, -0.2) is 0 Å². The van der Waals surface area contributed by atoms with Crippen molar-refractivity contribution in [2.45, 2.75) is 95.2 Å². The highest BCUT2D eigenvalue weighted by Gasteiger charge is 2.44. The van der Waals surface area contributed by atoms with Gasteiger partial charge in [0.25, 0.3) is 0 Å². The number of phenolic OH excluding ortho intramolecular Hbond substituents is 1. The first-order valence-electron chi connectivity index (χ1n) is 10.6. The van der Waals surface area contributed by atoms with E-state index in [9.17, 15) is 20.1 Å². The zero-order chi connectivity index (χ0) is 22.6. The lowest BCUT2D eigenvalue weighted by molar-refractivity contribution is -0.166. The topological polar surface area (TPSA) is 96.2 Å². The van der Waals surface area contributed by atoms with E-state index in [-0.39, 0.29) is 18.3 Å². The van der Waals surface area contributed by atoms with E-state index in [1.807, 2.05) is 6.92 Å². The second-order valence-corrected chi connectivity index (χ2v) is 9.36. The van der Waals surface area contributed by atoms with E-state index >= 15 is 0 Å². The molecule has 0 aromatic heterocycles. The van der Waals surface area contributed by atoms with Gasteiger partial charge in [-0.1, -0.05) is 18.2 Å². The average molecular weight is 421 g/mol. The lowest BCUT2D eigenvalue weighted by atomic mass is 9.87. The van der Waals surface area contributed by atoms with Gasteiger partial charge in [0.15, 0.2) is 0 Å². The van der Waals surface area contributed by atoms with Gasteiger partial charge in [-0.15, -0.1) is 6.58 Å². The Morgan fingerprint density at radius 1 is 1.33 bits per heavy atom. The Balaban J connectivity index is 1.91. The minimum absolute atomic E-state index is 0.164. The van der Waals surface area contributed by atoms with Crippen LogP contribution in [0.5, 0.6) is 5.75 Å². The monoisotopic (exact) mass is 420 g/mol. The maximum atomic E-state index is 12.4. The van der Waals surface area contributed by atoms with Crippen LogP contribution in [0.1, 0.15) is 65.4 Å². The molecule has 1 fully saturated rings. The van der Waals surface area contributed by atoms with Crippen LogP contribution in [0, 0.1) is 0 Å². The fourth-order valence-electron chi connectivity index (χ4n) is 3.72. The number of aromatic hydroxyl groups is 1. The first-order chi connectivity index (χ1) is 13.8. The van der Waals surface area contributed by atoms with E-state index in [1.165, 1.54) is 0 Å². The van der Waals surface area contributed by atoms with Crippen molar-refractivity contribution in [3.05, 3.63) is 42.5 Å². The van der Waals surface area contributed by atoms with Crippen LogP contribution in [0.2, 0.25) is 0 Å². The molecule has 6 nitrogen and oxygen atoms in total. The fraction of sp³-hybridized carbons (Fsp3) is 0.625. The van der Waals surface area contributed by atoms with Crippen LogP contribution in [0.4, 0.5) is 0 Å². The van der Waals surface area contributed by atoms with Crippen molar-refractivity contribution >= 4 is 5.97 Å². The van der Waals surface area contributed by atoms with Gasteiger partial charge in [0.1, 0.15) is 11.9 Å². The van der Waals surface area contributed by atoms with Crippen molar-refractivity contribution in [1.29, 1.82) is 0 Å². The molecule has 0 saturated carbocycles. The lowest BCUT2D eigenvalue weighted by Gasteiger charge is -2.35. The number of esters is 1. The molecule has 0 amide bonds. The van der Waals surface area contributed by atoms with E-state index < -0.39 is 28.9 Å². The van der Waals surface area contributed by atoms with Crippen molar-refractivity contribution in [1.82, 2.24) is 0 Å². The smallest absolute Gasteiger partial charge is 0.306 e. The molecular weight excluding hydrogens is 384 g/mol. The molecule has 3 unspecified atom stereocenters. The molecule has 0 bridgehead atoms. The SMILES string of the molecule is C=CC1(C)CCC(C(C)(O)CC[C@@H](OC(=O)CCc2ccc(O)cc2)C(C)(C)O)O1. The molecule has 168 valence electrons. The molecule has 2 rings (SSSR count). The average Bonchev–Trinajstić information content (AvgIpc) is 3.07. The van der Waals surface area contributed by atoms with Crippen LogP contribution in [0.15, 0.2) is 36.9 Å². The molecule has 1 heterocycles. The van der Waals surface area contributed by atoms with Crippen LogP contribution in [-0.2, 0) is 20.7 Å². The molecule has 0 radical (unpaired) electrons. The van der Waals surface area contributed by atoms with Gasteiger partial charge in [-0.05, 0) is 77.5 Å². The number of carbonyl (C=O) groups excluding carboxylic acids is 1. The second kappa shape index (κ2) is 9.50. The third kappa shape index (κ3) is 6.83. The van der Waals surface area contributed by atoms with Gasteiger partial charge >= 0.3 is 5.97 Å². The molecule has 1 aliphatic rings. The first-order valence-corrected chi connectivity index (χ1v) is 10.6. The molecule has 0 spiro atoms. The highest BCUT2D eigenvalue weighted by Crippen LogP contribution is 2.38. The summed E-state index contributed by atoms with van der Waals surface area (Å²) in [4.78, 5) is 12.4. The maximum Gasteiger partial charge on any atom is 0.306 e. The number of aliphatic hydroxyl groups is 2. The largest absolute Gasteiger partial charge is 0.508 e. The van der Waals surface area contributed by atoms with Gasteiger partial charge < -0.3 is 24.8 Å². The number of carbonyl (C=O) groups is 1. The molecule has 3 N–H and O–H groups in total. The molecule has 4 atom stereocenters. The van der Waals surface area contributed by atoms with E-state index in [2.05, 4.69) is 6.58 Å². The minimum atomic E-state index is -1.24. The third-order valence-corrected chi connectivity index (χ3v) is 5.97. The van der Waals surface area contributed by atoms with Gasteiger partial charge in [0.2, 0.25) is 0 Å². The van der Waals surface area contributed by atoms with E-state index in [1.54, 1.807) is 51.1 Å². The summed E-state index contributed by atoms with van der Waals surface area (Å²) >= 11 is 0. The Labute approximate surface area is 179 Å². The molecule has 1 aromatic rings. The molecular formula is C24H36O6. The van der Waals surface area contributed by atoms with E-state index in [0.29, 0.717) is 19.3 Å². The quantitative estimate of drug-likeness (QED) is 0.395. The Morgan fingerprint density at radius 3 is 2.50 bits per heavy atom. The molecule has 1 aliphatic heterocycles. The minimum Gasteiger partial charge on any atom is -0.508 e. The number of aryl methyl sites for hydroxylation is 1. The first kappa shape index (κ1) is 24.4. The molecule has 0 aliphatic carbocycles. The Morgan fingerprint density at radius 2 is 1.97 bits per heavy atom. The predicted octanol–water partition coefficient (Wildman–Crippen LogP) is 3.66. The molecule has 1 aromatic carbocycles. The second-order valence-electron chi connectivity index (χ2n) is 9.36. The predicted molar refractivity (Wildman–Crippen MR) is 115 cm³/mol. The highest BCUT2D eigenvalue weighted by atomic mass is 16.6. The fourth-order valence-corrected chi connectivity index (χ4v) is 3.72. The van der Waals surface area contributed by atoms with Crippen molar-refractivity contribution < 1.29 is 29.6 Å². The standard InChI is InChI=1S/C24H36O6/c1-6-23(4)15-13-20(30-23)24(5,28)16-14-19(22(2,3)27)29-21(26)12-9-17-7-10-18(25)11-8-17/h6-8,10-11,19-20,25,27-28H,1,9,12-16H2,2-5H3/t19-,20?,23?,24?/m1/s1. The van der Waals surface area contributed by atoms with Gasteiger partial charge in [-0.3, -0.25) is 4.79 Å². The van der Waals surface area contributed by atoms with Crippen molar-refractivity contribution in [2.75, 3.05) is 0 Å². The van der Waals surface area contributed by atoms with E-state index in [0.717, 1.165) is 18.4 Å². The van der Waals surface area contributed by atoms with Crippen molar-refractivity contribution in [3.8, 4) is 5.75 Å². The molecule has 30 heavy (non-hydrogen) atoms. The summed E-state index contributed by atoms with van der Waals surface area (Å²) in [5.74, 6) is -0.235. The third-order valence-electron chi connectivity index (χ3n) is 5.97. The van der Waals surface area contributed by atoms with Gasteiger partial charge in [-0.2, -0.15) is 0 Å². The van der Waals surface area contributed by atoms with Crippen LogP contribution in [0.25, 0.3) is 0 Å². The van der Waals surface area contributed by atoms with Gasteiger partial charge in [0, 0.05) is 6.42 Å². The summed E-state index contributed by atoms with van der Waals surface area (Å²) in [7, 11) is 0. The lowest BCUT2D eigenvalue weighted by Crippen LogP contribution is -2.45. The number of benzene rings is 1. The Kier molecular flexibility index (Phi) is 7.72. The van der Waals surface area contributed by atoms with E-state index in [4.69, 9.17) is 9.47 Å². The number of ether oxygens (including phenoxy) is 2. The zero-order valence-electron chi connectivity index (χ0n) is 18.6. The van der Waals surface area contributed by atoms with Gasteiger partial charge in [0.05, 0.1) is 22.9 Å². The zero-order valence-corrected chi connectivity index (χ0v) is 18.6. The summed E-state index contributed by atoms with van der Waals surface area (Å²) in [6.45, 7) is 10.7. The van der Waals surface area contributed by atoms with Crippen LogP contribution >= 0.6 is 0 Å². The summed E-state index contributed by atoms with van der Waals surface area (Å²) in [5.41, 5.74) is -1.87. The number of phenols is 1. The number of rotatable bonds is 10. The van der Waals surface area contributed by atoms with Crippen LogP contribution < -0.4 is 0 Å². The maximum absolute atomic E-state index is 12.4. The summed E-state index contributed by atoms with van der Waals surface area (Å²) in [5, 5.41) is 30.8. The summed E-state index contributed by atoms with van der Waals surface area (Å²) in [6, 6.07) is 6.66. The highest BCUT2D eigenvalue weighted by molar-refractivity contribution is 5.70. The van der Waals surface area contributed by atoms with Crippen LogP contribution in [-0.4, -0.2) is 50.3 Å². The number of hydrogen-bond acceptors (Lipinski definition) is 6. The number of hydrogen-bond donors (Lipinski definition) is 3. The van der Waals surface area contributed by atoms with Crippen molar-refractivity contribution in [3.63, 3.8) is 0 Å². The molecule has 1 saturated heterocycles. The van der Waals surface area contributed by atoms with Crippen molar-refractivity contribution in [2.24, 2.45) is 0 Å². The van der Waals surface area contributed by atoms with Crippen LogP contribution in [0.3, 0.4) is 0 Å². The summed E-state index contributed by atoms with van der Waals surface area (Å²) < 4.78 is 11.6. The Hall–Kier alpha value is -1.89.